The van der Waals surface area contributed by atoms with Crippen molar-refractivity contribution >= 4 is 16.6 Å². The number of benzene rings is 2. The number of fused-ring (bicyclic) bond motifs is 1. The van der Waals surface area contributed by atoms with Crippen LogP contribution in [-0.4, -0.2) is 40.2 Å². The standard InChI is InChI=1S/C21H17F6N3O2/c1-29-14-8-15(30-4-5-32-9-20(30)2-3-20)13(22)7-10(14)18(28-29)11-6-12(21(25,26)27)17(24)19(31)16(11)23/h6-8,31H,2-5,9H2,1H3. The molecule has 32 heavy (non-hydrogen) atoms. The van der Waals surface area contributed by atoms with Gasteiger partial charge in [-0.15, -0.1) is 0 Å². The quantitative estimate of drug-likeness (QED) is 0.565. The highest BCUT2D eigenvalue weighted by Crippen LogP contribution is 2.48. The molecule has 1 saturated carbocycles. The molecule has 3 aromatic rings. The molecule has 2 aliphatic rings. The van der Waals surface area contributed by atoms with Gasteiger partial charge in [-0.25, -0.2) is 13.2 Å². The zero-order chi connectivity index (χ0) is 23.0. The molecule has 2 heterocycles. The predicted octanol–water partition coefficient (Wildman–Crippen LogP) is 4.75. The van der Waals surface area contributed by atoms with Gasteiger partial charge in [0.15, 0.2) is 17.4 Å². The third-order valence-electron chi connectivity index (χ3n) is 6.18. The average Bonchev–Trinajstić information content (AvgIpc) is 3.42. The van der Waals surface area contributed by atoms with E-state index in [9.17, 15) is 27.1 Å². The van der Waals surface area contributed by atoms with Gasteiger partial charge in [0.25, 0.3) is 0 Å². The van der Waals surface area contributed by atoms with Gasteiger partial charge in [0.2, 0.25) is 0 Å². The van der Waals surface area contributed by atoms with Crippen LogP contribution >= 0.6 is 0 Å². The van der Waals surface area contributed by atoms with Crippen molar-refractivity contribution in [2.75, 3.05) is 24.7 Å². The number of rotatable bonds is 2. The van der Waals surface area contributed by atoms with Crippen LogP contribution in [0.2, 0.25) is 0 Å². The van der Waals surface area contributed by atoms with Gasteiger partial charge >= 0.3 is 6.18 Å². The van der Waals surface area contributed by atoms with Crippen molar-refractivity contribution in [1.82, 2.24) is 9.78 Å². The molecular formula is C21H17F6N3O2. The number of aromatic hydroxyl groups is 1. The molecule has 2 fully saturated rings. The van der Waals surface area contributed by atoms with Crippen LogP contribution in [0.25, 0.3) is 22.2 Å². The summed E-state index contributed by atoms with van der Waals surface area (Å²) in [5.74, 6) is -6.14. The number of hydrogen-bond donors (Lipinski definition) is 1. The molecule has 170 valence electrons. The smallest absolute Gasteiger partial charge is 0.419 e. The Labute approximate surface area is 177 Å². The normalized spacial score (nSPS) is 18.0. The molecule has 1 saturated heterocycles. The predicted molar refractivity (Wildman–Crippen MR) is 103 cm³/mol. The Morgan fingerprint density at radius 3 is 2.47 bits per heavy atom. The largest absolute Gasteiger partial charge is 0.503 e. The number of hydrogen-bond acceptors (Lipinski definition) is 4. The fourth-order valence-corrected chi connectivity index (χ4v) is 4.34. The number of anilines is 1. The van der Waals surface area contributed by atoms with Crippen LogP contribution in [0.1, 0.15) is 18.4 Å². The lowest BCUT2D eigenvalue weighted by atomic mass is 10.0. The van der Waals surface area contributed by atoms with Crippen molar-refractivity contribution in [1.29, 1.82) is 0 Å². The monoisotopic (exact) mass is 457 g/mol. The van der Waals surface area contributed by atoms with Crippen molar-refractivity contribution in [3.63, 3.8) is 0 Å². The van der Waals surface area contributed by atoms with Gasteiger partial charge < -0.3 is 14.7 Å². The second-order valence-corrected chi connectivity index (χ2v) is 8.17. The van der Waals surface area contributed by atoms with E-state index in [1.807, 2.05) is 4.90 Å². The summed E-state index contributed by atoms with van der Waals surface area (Å²) in [5, 5.41) is 13.7. The van der Waals surface area contributed by atoms with Crippen molar-refractivity contribution in [3.05, 3.63) is 41.2 Å². The van der Waals surface area contributed by atoms with Crippen LogP contribution in [0.3, 0.4) is 0 Å². The highest BCUT2D eigenvalue weighted by atomic mass is 19.4. The molecule has 1 aliphatic heterocycles. The Morgan fingerprint density at radius 2 is 1.81 bits per heavy atom. The molecule has 1 aromatic heterocycles. The van der Waals surface area contributed by atoms with Crippen LogP contribution in [0.4, 0.5) is 32.0 Å². The highest BCUT2D eigenvalue weighted by Gasteiger charge is 2.50. The first-order valence-electron chi connectivity index (χ1n) is 9.84. The molecule has 11 heteroatoms. The first kappa shape index (κ1) is 20.9. The van der Waals surface area contributed by atoms with E-state index in [1.54, 1.807) is 0 Å². The van der Waals surface area contributed by atoms with E-state index < -0.39 is 40.5 Å². The molecule has 0 amide bonds. The minimum atomic E-state index is -5.18. The highest BCUT2D eigenvalue weighted by molar-refractivity contribution is 5.96. The maximum Gasteiger partial charge on any atom is 0.419 e. The molecule has 5 rings (SSSR count). The molecule has 1 spiro atoms. The van der Waals surface area contributed by atoms with Crippen molar-refractivity contribution in [3.8, 4) is 17.0 Å². The Hall–Kier alpha value is -2.95. The molecule has 0 bridgehead atoms. The van der Waals surface area contributed by atoms with Crippen LogP contribution in [0.15, 0.2) is 18.2 Å². The third kappa shape index (κ3) is 3.01. The summed E-state index contributed by atoms with van der Waals surface area (Å²) in [5.41, 5.74) is -2.59. The first-order chi connectivity index (χ1) is 15.0. The Balaban J connectivity index is 1.69. The van der Waals surface area contributed by atoms with Crippen molar-refractivity contribution in [2.24, 2.45) is 7.05 Å². The first-order valence-corrected chi connectivity index (χ1v) is 9.84. The Kier molecular flexibility index (Phi) is 4.43. The van der Waals surface area contributed by atoms with Gasteiger partial charge in [-0.3, -0.25) is 4.68 Å². The van der Waals surface area contributed by atoms with E-state index in [2.05, 4.69) is 5.10 Å². The molecule has 5 nitrogen and oxygen atoms in total. The summed E-state index contributed by atoms with van der Waals surface area (Å²) in [6.07, 6.45) is -3.48. The van der Waals surface area contributed by atoms with E-state index in [0.717, 1.165) is 18.9 Å². The van der Waals surface area contributed by atoms with Gasteiger partial charge in [0.1, 0.15) is 11.5 Å². The number of phenols is 1. The lowest BCUT2D eigenvalue weighted by Gasteiger charge is -2.38. The lowest BCUT2D eigenvalue weighted by molar-refractivity contribution is -0.140. The number of aryl methyl sites for hydroxylation is 1. The fraction of sp³-hybridized carbons (Fsp3) is 0.381. The van der Waals surface area contributed by atoms with E-state index in [4.69, 9.17) is 4.74 Å². The van der Waals surface area contributed by atoms with Gasteiger partial charge in [-0.05, 0) is 31.0 Å². The fourth-order valence-electron chi connectivity index (χ4n) is 4.34. The topological polar surface area (TPSA) is 50.5 Å². The summed E-state index contributed by atoms with van der Waals surface area (Å²) in [4.78, 5) is 1.92. The van der Waals surface area contributed by atoms with Crippen LogP contribution in [-0.2, 0) is 18.0 Å². The zero-order valence-electron chi connectivity index (χ0n) is 16.7. The van der Waals surface area contributed by atoms with Crippen LogP contribution in [0.5, 0.6) is 5.75 Å². The Morgan fingerprint density at radius 1 is 1.09 bits per heavy atom. The molecule has 0 radical (unpaired) electrons. The number of morpholine rings is 1. The van der Waals surface area contributed by atoms with E-state index in [-0.39, 0.29) is 22.7 Å². The number of nitrogens with zero attached hydrogens (tertiary/aromatic N) is 3. The third-order valence-corrected chi connectivity index (χ3v) is 6.18. The van der Waals surface area contributed by atoms with Crippen LogP contribution < -0.4 is 4.90 Å². The second kappa shape index (κ2) is 6.77. The lowest BCUT2D eigenvalue weighted by Crippen LogP contribution is -2.48. The summed E-state index contributed by atoms with van der Waals surface area (Å²) in [6, 6.07) is 2.82. The van der Waals surface area contributed by atoms with Crippen molar-refractivity contribution < 1.29 is 36.2 Å². The van der Waals surface area contributed by atoms with E-state index in [0.29, 0.717) is 31.0 Å². The molecule has 2 aromatic carbocycles. The van der Waals surface area contributed by atoms with E-state index >= 15 is 4.39 Å². The molecule has 0 unspecified atom stereocenters. The average molecular weight is 457 g/mol. The summed E-state index contributed by atoms with van der Waals surface area (Å²) < 4.78 is 90.1. The van der Waals surface area contributed by atoms with Gasteiger partial charge in [0, 0.05) is 24.5 Å². The maximum absolute atomic E-state index is 15.2. The summed E-state index contributed by atoms with van der Waals surface area (Å²) in [7, 11) is 1.48. The number of halogens is 6. The number of phenolic OH excluding ortho intramolecular Hbond substituents is 1. The van der Waals surface area contributed by atoms with Gasteiger partial charge in [0.05, 0.1) is 35.5 Å². The minimum Gasteiger partial charge on any atom is -0.503 e. The number of aromatic nitrogens is 2. The van der Waals surface area contributed by atoms with E-state index in [1.165, 1.54) is 17.8 Å². The summed E-state index contributed by atoms with van der Waals surface area (Å²) >= 11 is 0. The zero-order valence-corrected chi connectivity index (χ0v) is 16.7. The molecule has 1 N–H and O–H groups in total. The molecule has 0 atom stereocenters. The SMILES string of the molecule is Cn1nc(-c2cc(C(F)(F)F)c(F)c(O)c2F)c2cc(F)c(N3CCOCC34CC4)cc21. The van der Waals surface area contributed by atoms with Gasteiger partial charge in [-0.2, -0.15) is 18.3 Å². The molecule has 1 aliphatic carbocycles. The minimum absolute atomic E-state index is 0.0323. The van der Waals surface area contributed by atoms with Crippen molar-refractivity contribution in [2.45, 2.75) is 24.6 Å². The number of ether oxygens (including phenoxy) is 1. The van der Waals surface area contributed by atoms with Crippen LogP contribution in [0, 0.1) is 17.5 Å². The second-order valence-electron chi connectivity index (χ2n) is 8.17. The summed E-state index contributed by atoms with van der Waals surface area (Å²) in [6.45, 7) is 1.38. The Bertz CT molecular complexity index is 1250. The molecular weight excluding hydrogens is 440 g/mol. The number of alkyl halides is 3. The maximum atomic E-state index is 15.2. The van der Waals surface area contributed by atoms with Gasteiger partial charge in [-0.1, -0.05) is 0 Å².